The van der Waals surface area contributed by atoms with Crippen molar-refractivity contribution in [3.8, 4) is 0 Å². The lowest BCUT2D eigenvalue weighted by Gasteiger charge is -2.57. The third kappa shape index (κ3) is 2.25. The monoisotopic (exact) mass is 320 g/mol. The molecule has 7 atom stereocenters. The summed E-state index contributed by atoms with van der Waals surface area (Å²) in [6.45, 7) is 2.64. The smallest absolute Gasteiger partial charge is 0.0123 e. The normalized spacial score (nSPS) is 46.9. The summed E-state index contributed by atoms with van der Waals surface area (Å²) in [4.78, 5) is 0. The Bertz CT molecular complexity index is 614. The first-order chi connectivity index (χ1) is 11.8. The highest BCUT2D eigenvalue weighted by atomic mass is 14.6. The largest absolute Gasteiger partial charge is 0.0882 e. The Hall–Kier alpha value is -1.04. The van der Waals surface area contributed by atoms with Crippen molar-refractivity contribution in [1.82, 2.24) is 0 Å². The number of rotatable bonds is 1. The molecule has 1 aromatic carbocycles. The summed E-state index contributed by atoms with van der Waals surface area (Å²) < 4.78 is 0. The summed E-state index contributed by atoms with van der Waals surface area (Å²) in [6.07, 6.45) is 16.7. The molecule has 3 fully saturated rings. The molecule has 0 aliphatic heterocycles. The van der Waals surface area contributed by atoms with Crippen molar-refractivity contribution < 1.29 is 0 Å². The zero-order valence-electron chi connectivity index (χ0n) is 15.2. The molecule has 0 nitrogen and oxygen atoms in total. The molecule has 128 valence electrons. The predicted octanol–water partition coefficient (Wildman–Crippen LogP) is 6.59. The van der Waals surface area contributed by atoms with Gasteiger partial charge in [0.05, 0.1) is 0 Å². The number of fused-ring (bicyclic) bond motifs is 5. The molecule has 4 aliphatic rings. The average molecular weight is 321 g/mol. The van der Waals surface area contributed by atoms with Crippen LogP contribution in [0.3, 0.4) is 0 Å². The van der Waals surface area contributed by atoms with Gasteiger partial charge in [-0.25, -0.2) is 0 Å². The second-order valence-corrected chi connectivity index (χ2v) is 9.56. The van der Waals surface area contributed by atoms with Crippen LogP contribution in [0, 0.1) is 35.0 Å². The maximum atomic E-state index is 2.64. The number of allylic oxidation sites excluding steroid dienone is 2. The maximum Gasteiger partial charge on any atom is -0.0123 e. The molecule has 0 bridgehead atoms. The van der Waals surface area contributed by atoms with Crippen LogP contribution in [0.15, 0.2) is 42.5 Å². The summed E-state index contributed by atoms with van der Waals surface area (Å²) in [5.41, 5.74) is 2.27. The molecule has 0 saturated heterocycles. The van der Waals surface area contributed by atoms with E-state index in [2.05, 4.69) is 49.4 Å². The lowest BCUT2D eigenvalue weighted by atomic mass is 9.47. The van der Waals surface area contributed by atoms with Gasteiger partial charge in [0.2, 0.25) is 0 Å². The summed E-state index contributed by atoms with van der Waals surface area (Å²) >= 11 is 0. The van der Waals surface area contributed by atoms with Gasteiger partial charge in [-0.05, 0) is 91.4 Å². The van der Waals surface area contributed by atoms with Gasteiger partial charge in [-0.1, -0.05) is 55.8 Å². The van der Waals surface area contributed by atoms with E-state index < -0.39 is 0 Å². The van der Waals surface area contributed by atoms with Gasteiger partial charge in [-0.15, -0.1) is 0 Å². The first-order valence-electron chi connectivity index (χ1n) is 10.5. The molecule has 0 heteroatoms. The van der Waals surface area contributed by atoms with Gasteiger partial charge in [0.1, 0.15) is 0 Å². The zero-order chi connectivity index (χ0) is 16.1. The van der Waals surface area contributed by atoms with Gasteiger partial charge < -0.3 is 0 Å². The van der Waals surface area contributed by atoms with Crippen LogP contribution in [0.4, 0.5) is 0 Å². The van der Waals surface area contributed by atoms with E-state index in [0.29, 0.717) is 5.41 Å². The van der Waals surface area contributed by atoms with E-state index in [1.165, 1.54) is 51.4 Å². The molecular weight excluding hydrogens is 288 g/mol. The fraction of sp³-hybridized carbons (Fsp3) is 0.667. The van der Waals surface area contributed by atoms with Crippen LogP contribution in [0.2, 0.25) is 0 Å². The summed E-state index contributed by atoms with van der Waals surface area (Å²) in [5.74, 6) is 5.73. The van der Waals surface area contributed by atoms with Gasteiger partial charge in [-0.2, -0.15) is 0 Å². The van der Waals surface area contributed by atoms with Crippen LogP contribution in [-0.4, -0.2) is 0 Å². The van der Waals surface area contributed by atoms with Crippen LogP contribution in [0.25, 0.3) is 0 Å². The van der Waals surface area contributed by atoms with Gasteiger partial charge >= 0.3 is 0 Å². The third-order valence-electron chi connectivity index (χ3n) is 8.53. The first-order valence-corrected chi connectivity index (χ1v) is 10.5. The van der Waals surface area contributed by atoms with Crippen molar-refractivity contribution >= 4 is 0 Å². The Kier molecular flexibility index (Phi) is 3.65. The first kappa shape index (κ1) is 15.2. The van der Waals surface area contributed by atoms with E-state index in [-0.39, 0.29) is 0 Å². The van der Waals surface area contributed by atoms with Crippen molar-refractivity contribution in [2.75, 3.05) is 0 Å². The molecular formula is C24H32. The second kappa shape index (κ2) is 5.75. The van der Waals surface area contributed by atoms with Gasteiger partial charge in [0.15, 0.2) is 0 Å². The molecule has 1 unspecified atom stereocenters. The Labute approximate surface area is 147 Å². The van der Waals surface area contributed by atoms with Crippen molar-refractivity contribution in [2.45, 2.75) is 64.2 Å². The average Bonchev–Trinajstić information content (AvgIpc) is 3.03. The summed E-state index contributed by atoms with van der Waals surface area (Å²) in [6, 6.07) is 11.6. The Morgan fingerprint density at radius 3 is 2.62 bits per heavy atom. The number of hydrogen-bond acceptors (Lipinski definition) is 0. The highest BCUT2D eigenvalue weighted by Crippen LogP contribution is 2.65. The zero-order valence-corrected chi connectivity index (χ0v) is 15.2. The molecule has 0 spiro atoms. The highest BCUT2D eigenvalue weighted by Gasteiger charge is 2.56. The SMILES string of the molecule is C[C@@]12CCC[C@H]1[C@@H]1CCC3CC=CC[C@@H]3[C@H]1[C@@H](c1ccccc1)C2. The third-order valence-corrected chi connectivity index (χ3v) is 8.53. The fourth-order valence-corrected chi connectivity index (χ4v) is 7.60. The Morgan fingerprint density at radius 1 is 0.917 bits per heavy atom. The minimum atomic E-state index is 0.624. The van der Waals surface area contributed by atoms with E-state index in [1.807, 2.05) is 0 Å². The highest BCUT2D eigenvalue weighted by molar-refractivity contribution is 5.25. The molecule has 0 aromatic heterocycles. The Balaban J connectivity index is 1.57. The quantitative estimate of drug-likeness (QED) is 0.512. The van der Waals surface area contributed by atoms with Crippen LogP contribution in [0.1, 0.15) is 69.8 Å². The summed E-state index contributed by atoms with van der Waals surface area (Å²) in [5, 5.41) is 0. The predicted molar refractivity (Wildman–Crippen MR) is 101 cm³/mol. The van der Waals surface area contributed by atoms with E-state index in [0.717, 1.165) is 35.5 Å². The maximum absolute atomic E-state index is 2.64. The number of hydrogen-bond donors (Lipinski definition) is 0. The minimum Gasteiger partial charge on any atom is -0.0882 e. The van der Waals surface area contributed by atoms with Crippen LogP contribution in [0.5, 0.6) is 0 Å². The molecule has 3 saturated carbocycles. The molecule has 0 heterocycles. The standard InChI is InChI=1S/C24H32/c1-24-15-7-12-22(24)20-14-13-18-10-5-6-11-19(18)23(20)21(16-24)17-8-3-2-4-9-17/h2-6,8-9,18-23H,7,10-16H2,1H3/t18?,19-,20-,21+,22-,23+,24-/m0/s1. The summed E-state index contributed by atoms with van der Waals surface area (Å²) in [7, 11) is 0. The van der Waals surface area contributed by atoms with E-state index in [4.69, 9.17) is 0 Å². The van der Waals surface area contributed by atoms with Crippen molar-refractivity contribution in [2.24, 2.45) is 35.0 Å². The molecule has 4 aliphatic carbocycles. The topological polar surface area (TPSA) is 0 Å². The van der Waals surface area contributed by atoms with Gasteiger partial charge in [0, 0.05) is 0 Å². The fourth-order valence-electron chi connectivity index (χ4n) is 7.60. The van der Waals surface area contributed by atoms with Crippen LogP contribution >= 0.6 is 0 Å². The lowest BCUT2D eigenvalue weighted by Crippen LogP contribution is -2.49. The minimum absolute atomic E-state index is 0.624. The van der Waals surface area contributed by atoms with Crippen molar-refractivity contribution in [3.05, 3.63) is 48.0 Å². The van der Waals surface area contributed by atoms with Crippen molar-refractivity contribution in [1.29, 1.82) is 0 Å². The van der Waals surface area contributed by atoms with Gasteiger partial charge in [0.25, 0.3) is 0 Å². The number of benzene rings is 1. The molecule has 0 N–H and O–H groups in total. The van der Waals surface area contributed by atoms with Crippen molar-refractivity contribution in [3.63, 3.8) is 0 Å². The van der Waals surface area contributed by atoms with E-state index >= 15 is 0 Å². The van der Waals surface area contributed by atoms with Crippen LogP contribution in [-0.2, 0) is 0 Å². The molecule has 1 aromatic rings. The second-order valence-electron chi connectivity index (χ2n) is 9.56. The van der Waals surface area contributed by atoms with E-state index in [1.54, 1.807) is 5.56 Å². The molecule has 5 rings (SSSR count). The van der Waals surface area contributed by atoms with E-state index in [9.17, 15) is 0 Å². The van der Waals surface area contributed by atoms with Gasteiger partial charge in [-0.3, -0.25) is 0 Å². The lowest BCUT2D eigenvalue weighted by molar-refractivity contribution is -0.0531. The molecule has 0 radical (unpaired) electrons. The molecule has 0 amide bonds. The van der Waals surface area contributed by atoms with Crippen LogP contribution < -0.4 is 0 Å². The Morgan fingerprint density at radius 2 is 1.75 bits per heavy atom. The molecule has 24 heavy (non-hydrogen) atoms.